The third-order valence-corrected chi connectivity index (χ3v) is 5.97. The zero-order valence-electron chi connectivity index (χ0n) is 12.8. The summed E-state index contributed by atoms with van der Waals surface area (Å²) in [5.74, 6) is 0.921. The van der Waals surface area contributed by atoms with Gasteiger partial charge in [0.2, 0.25) is 0 Å². The molecule has 0 aliphatic carbocycles. The van der Waals surface area contributed by atoms with Crippen LogP contribution in [-0.2, 0) is 0 Å². The number of halogens is 3. The molecule has 1 amide bonds. The first-order chi connectivity index (χ1) is 11.5. The molecular formula is C17H14BrClFNO2S. The van der Waals surface area contributed by atoms with Crippen molar-refractivity contribution in [1.29, 1.82) is 0 Å². The highest BCUT2D eigenvalue weighted by Crippen LogP contribution is 2.41. The van der Waals surface area contributed by atoms with Crippen LogP contribution in [0.15, 0.2) is 40.9 Å². The van der Waals surface area contributed by atoms with Crippen molar-refractivity contribution < 1.29 is 13.9 Å². The van der Waals surface area contributed by atoms with Crippen molar-refractivity contribution in [1.82, 2.24) is 4.90 Å². The van der Waals surface area contributed by atoms with E-state index in [-0.39, 0.29) is 16.3 Å². The largest absolute Gasteiger partial charge is 0.496 e. The van der Waals surface area contributed by atoms with E-state index in [4.69, 9.17) is 16.3 Å². The standard InChI is InChI=1S/C17H14BrClFNO2S/c1-23-15-5-2-10(8-13(15)18)17-21(6-7-24-17)16(22)12-4-3-11(20)9-14(12)19/h2-5,8-9,17H,6-7H2,1H3. The van der Waals surface area contributed by atoms with Gasteiger partial charge in [0.1, 0.15) is 16.9 Å². The van der Waals surface area contributed by atoms with Crippen molar-refractivity contribution in [3.63, 3.8) is 0 Å². The van der Waals surface area contributed by atoms with Gasteiger partial charge in [-0.3, -0.25) is 4.79 Å². The molecule has 3 rings (SSSR count). The Morgan fingerprint density at radius 1 is 1.38 bits per heavy atom. The highest BCUT2D eigenvalue weighted by molar-refractivity contribution is 9.10. The quantitative estimate of drug-likeness (QED) is 0.675. The summed E-state index contributed by atoms with van der Waals surface area (Å²) >= 11 is 11.2. The van der Waals surface area contributed by atoms with E-state index in [9.17, 15) is 9.18 Å². The smallest absolute Gasteiger partial charge is 0.256 e. The maximum Gasteiger partial charge on any atom is 0.256 e. The minimum atomic E-state index is -0.456. The van der Waals surface area contributed by atoms with Gasteiger partial charge < -0.3 is 9.64 Å². The summed E-state index contributed by atoms with van der Waals surface area (Å²) in [6, 6.07) is 9.61. The second kappa shape index (κ2) is 7.33. The molecule has 1 aliphatic heterocycles. The fraction of sp³-hybridized carbons (Fsp3) is 0.235. The van der Waals surface area contributed by atoms with Crippen LogP contribution in [0.2, 0.25) is 5.02 Å². The number of hydrogen-bond acceptors (Lipinski definition) is 3. The Balaban J connectivity index is 1.90. The van der Waals surface area contributed by atoms with Crippen molar-refractivity contribution in [2.75, 3.05) is 19.4 Å². The van der Waals surface area contributed by atoms with Crippen molar-refractivity contribution in [3.8, 4) is 5.75 Å². The number of methoxy groups -OCH3 is 1. The number of amides is 1. The maximum absolute atomic E-state index is 13.2. The average Bonchev–Trinajstić information content (AvgIpc) is 3.03. The fourth-order valence-electron chi connectivity index (χ4n) is 2.61. The molecule has 1 aliphatic rings. The topological polar surface area (TPSA) is 29.5 Å². The third kappa shape index (κ3) is 3.41. The van der Waals surface area contributed by atoms with Crippen LogP contribution in [0.25, 0.3) is 0 Å². The maximum atomic E-state index is 13.2. The van der Waals surface area contributed by atoms with Gasteiger partial charge >= 0.3 is 0 Å². The number of benzene rings is 2. The number of hydrogen-bond donors (Lipinski definition) is 0. The van der Waals surface area contributed by atoms with Crippen LogP contribution < -0.4 is 4.74 Å². The predicted molar refractivity (Wildman–Crippen MR) is 98.3 cm³/mol. The Morgan fingerprint density at radius 3 is 2.83 bits per heavy atom. The van der Waals surface area contributed by atoms with Gasteiger partial charge in [-0.15, -0.1) is 11.8 Å². The Bertz CT molecular complexity index is 789. The fourth-order valence-corrected chi connectivity index (χ4v) is 4.66. The first kappa shape index (κ1) is 17.6. The second-order valence-corrected chi connectivity index (χ2v) is 7.69. The number of carbonyl (C=O) groups is 1. The molecule has 0 N–H and O–H groups in total. The van der Waals surface area contributed by atoms with E-state index < -0.39 is 5.82 Å². The highest BCUT2D eigenvalue weighted by atomic mass is 79.9. The summed E-state index contributed by atoms with van der Waals surface area (Å²) < 4.78 is 19.3. The molecule has 3 nitrogen and oxygen atoms in total. The van der Waals surface area contributed by atoms with Crippen LogP contribution in [0.5, 0.6) is 5.75 Å². The molecule has 1 atom stereocenters. The molecule has 2 aromatic carbocycles. The van der Waals surface area contributed by atoms with Crippen LogP contribution in [0.3, 0.4) is 0 Å². The monoisotopic (exact) mass is 429 g/mol. The minimum Gasteiger partial charge on any atom is -0.496 e. The summed E-state index contributed by atoms with van der Waals surface area (Å²) in [6.07, 6.45) is 0. The average molecular weight is 431 g/mol. The van der Waals surface area contributed by atoms with E-state index in [1.807, 2.05) is 18.2 Å². The lowest BCUT2D eigenvalue weighted by Gasteiger charge is -2.25. The second-order valence-electron chi connectivity index (χ2n) is 5.24. The van der Waals surface area contributed by atoms with Crippen molar-refractivity contribution >= 4 is 45.2 Å². The molecular weight excluding hydrogens is 417 g/mol. The Morgan fingerprint density at radius 2 is 2.17 bits per heavy atom. The van der Waals surface area contributed by atoms with Gasteiger partial charge in [0, 0.05) is 12.3 Å². The molecule has 7 heteroatoms. The predicted octanol–water partition coefficient (Wildman–Crippen LogP) is 5.14. The molecule has 0 spiro atoms. The number of carbonyl (C=O) groups excluding carboxylic acids is 1. The van der Waals surface area contributed by atoms with Crippen LogP contribution >= 0.6 is 39.3 Å². The molecule has 1 unspecified atom stereocenters. The number of rotatable bonds is 3. The summed E-state index contributed by atoms with van der Waals surface area (Å²) in [7, 11) is 1.61. The summed E-state index contributed by atoms with van der Waals surface area (Å²) in [5, 5.41) is 0.0207. The molecule has 24 heavy (non-hydrogen) atoms. The van der Waals surface area contributed by atoms with Crippen LogP contribution in [0, 0.1) is 5.82 Å². The number of thioether (sulfide) groups is 1. The van der Waals surface area contributed by atoms with E-state index in [0.717, 1.165) is 27.6 Å². The van der Waals surface area contributed by atoms with Gasteiger partial charge in [-0.2, -0.15) is 0 Å². The molecule has 0 radical (unpaired) electrons. The third-order valence-electron chi connectivity index (χ3n) is 3.77. The molecule has 126 valence electrons. The summed E-state index contributed by atoms with van der Waals surface area (Å²) in [5.41, 5.74) is 1.31. The lowest BCUT2D eigenvalue weighted by atomic mass is 10.1. The van der Waals surface area contributed by atoms with E-state index in [1.54, 1.807) is 23.8 Å². The molecule has 0 aromatic heterocycles. The zero-order valence-corrected chi connectivity index (χ0v) is 15.9. The molecule has 1 fully saturated rings. The lowest BCUT2D eigenvalue weighted by molar-refractivity contribution is 0.0760. The van der Waals surface area contributed by atoms with Crippen LogP contribution in [-0.4, -0.2) is 30.2 Å². The van der Waals surface area contributed by atoms with Gasteiger partial charge in [-0.25, -0.2) is 4.39 Å². The first-order valence-corrected chi connectivity index (χ1v) is 9.44. The van der Waals surface area contributed by atoms with Gasteiger partial charge in [-0.1, -0.05) is 17.7 Å². The number of ether oxygens (including phenoxy) is 1. The van der Waals surface area contributed by atoms with Gasteiger partial charge in [0.15, 0.2) is 0 Å². The normalized spacial score (nSPS) is 17.2. The zero-order chi connectivity index (χ0) is 17.3. The van der Waals surface area contributed by atoms with Crippen molar-refractivity contribution in [2.45, 2.75) is 5.37 Å². The van der Waals surface area contributed by atoms with Crippen molar-refractivity contribution in [2.24, 2.45) is 0 Å². The molecule has 0 bridgehead atoms. The Kier molecular flexibility index (Phi) is 5.37. The molecule has 0 saturated carbocycles. The van der Waals surface area contributed by atoms with Gasteiger partial charge in [0.05, 0.1) is 22.2 Å². The minimum absolute atomic E-state index is 0.110. The number of nitrogens with zero attached hydrogens (tertiary/aromatic N) is 1. The first-order valence-electron chi connectivity index (χ1n) is 7.22. The Labute approximate surface area is 157 Å². The summed E-state index contributed by atoms with van der Waals surface area (Å²) in [4.78, 5) is 14.6. The lowest BCUT2D eigenvalue weighted by Crippen LogP contribution is -2.30. The van der Waals surface area contributed by atoms with E-state index in [2.05, 4.69) is 15.9 Å². The molecule has 1 saturated heterocycles. The van der Waals surface area contributed by atoms with Crippen LogP contribution in [0.1, 0.15) is 21.3 Å². The van der Waals surface area contributed by atoms with E-state index in [1.165, 1.54) is 12.1 Å². The molecule has 1 heterocycles. The SMILES string of the molecule is COc1ccc(C2SCCN2C(=O)c2ccc(F)cc2Cl)cc1Br. The van der Waals surface area contributed by atoms with Crippen molar-refractivity contribution in [3.05, 3.63) is 62.8 Å². The van der Waals surface area contributed by atoms with E-state index >= 15 is 0 Å². The summed E-state index contributed by atoms with van der Waals surface area (Å²) in [6.45, 7) is 0.617. The van der Waals surface area contributed by atoms with Crippen LogP contribution in [0.4, 0.5) is 4.39 Å². The highest BCUT2D eigenvalue weighted by Gasteiger charge is 2.32. The van der Waals surface area contributed by atoms with Gasteiger partial charge in [-0.05, 0) is 51.8 Å². The van der Waals surface area contributed by atoms with Gasteiger partial charge in [0.25, 0.3) is 5.91 Å². The Hall–Kier alpha value is -1.24. The van der Waals surface area contributed by atoms with E-state index in [0.29, 0.717) is 12.1 Å². The molecule has 2 aromatic rings.